The molecule has 120 valence electrons. The van der Waals surface area contributed by atoms with Gasteiger partial charge in [0.15, 0.2) is 0 Å². The van der Waals surface area contributed by atoms with Crippen molar-refractivity contribution in [3.05, 3.63) is 77.5 Å². The normalized spacial score (nSPS) is 10.2. The molecule has 2 N–H and O–H groups in total. The summed E-state index contributed by atoms with van der Waals surface area (Å²) in [6.07, 6.45) is 4.59. The Bertz CT molecular complexity index is 824. The van der Waals surface area contributed by atoms with Gasteiger partial charge in [-0.05, 0) is 30.3 Å². The van der Waals surface area contributed by atoms with E-state index in [0.29, 0.717) is 17.4 Å². The van der Waals surface area contributed by atoms with Crippen molar-refractivity contribution in [1.29, 1.82) is 0 Å². The highest BCUT2D eigenvalue weighted by Gasteiger charge is 2.08. The van der Waals surface area contributed by atoms with Crippen LogP contribution in [0.4, 0.5) is 11.5 Å². The summed E-state index contributed by atoms with van der Waals surface area (Å²) in [5, 5.41) is 6.44. The standard InChI is InChI=1S/C17H14ClN5O/c18-12-4-3-6-13(8-12)23-16-11-20-15(10-21-16)17(24)22-9-14-5-1-2-7-19-14/h1-8,10-11H,9H2,(H,21,23)(H,22,24). The highest BCUT2D eigenvalue weighted by Crippen LogP contribution is 2.18. The van der Waals surface area contributed by atoms with E-state index in [1.54, 1.807) is 18.3 Å². The third kappa shape index (κ3) is 4.27. The van der Waals surface area contributed by atoms with Crippen LogP contribution in [0.2, 0.25) is 5.02 Å². The van der Waals surface area contributed by atoms with Gasteiger partial charge in [-0.25, -0.2) is 9.97 Å². The van der Waals surface area contributed by atoms with Crippen molar-refractivity contribution in [2.75, 3.05) is 5.32 Å². The van der Waals surface area contributed by atoms with E-state index in [4.69, 9.17) is 11.6 Å². The Morgan fingerprint density at radius 1 is 1.04 bits per heavy atom. The van der Waals surface area contributed by atoms with Crippen LogP contribution >= 0.6 is 11.6 Å². The number of rotatable bonds is 5. The van der Waals surface area contributed by atoms with E-state index in [1.807, 2.05) is 30.3 Å². The number of carbonyl (C=O) groups excluding carboxylic acids is 1. The Labute approximate surface area is 143 Å². The Morgan fingerprint density at radius 2 is 1.96 bits per heavy atom. The SMILES string of the molecule is O=C(NCc1ccccn1)c1cnc(Nc2cccc(Cl)c2)cn1. The third-order valence-electron chi connectivity index (χ3n) is 3.14. The van der Waals surface area contributed by atoms with Gasteiger partial charge in [0.1, 0.15) is 11.5 Å². The van der Waals surface area contributed by atoms with E-state index in [9.17, 15) is 4.79 Å². The lowest BCUT2D eigenvalue weighted by Gasteiger charge is -2.07. The number of nitrogens with zero attached hydrogens (tertiary/aromatic N) is 3. The summed E-state index contributed by atoms with van der Waals surface area (Å²) in [5.41, 5.74) is 1.81. The van der Waals surface area contributed by atoms with Crippen LogP contribution in [0.15, 0.2) is 61.1 Å². The first-order valence-electron chi connectivity index (χ1n) is 7.23. The van der Waals surface area contributed by atoms with Crippen molar-refractivity contribution in [3.8, 4) is 0 Å². The summed E-state index contributed by atoms with van der Waals surface area (Å²) < 4.78 is 0. The lowest BCUT2D eigenvalue weighted by atomic mass is 10.3. The molecule has 3 aromatic rings. The number of nitrogens with one attached hydrogen (secondary N) is 2. The quantitative estimate of drug-likeness (QED) is 0.746. The summed E-state index contributed by atoms with van der Waals surface area (Å²) in [6.45, 7) is 0.337. The molecule has 0 radical (unpaired) electrons. The molecule has 0 atom stereocenters. The molecule has 0 saturated carbocycles. The summed E-state index contributed by atoms with van der Waals surface area (Å²) in [5.74, 6) is 0.223. The molecule has 0 aliphatic rings. The van der Waals surface area contributed by atoms with Crippen LogP contribution in [0, 0.1) is 0 Å². The number of hydrogen-bond acceptors (Lipinski definition) is 5. The first kappa shape index (κ1) is 15.9. The molecule has 3 rings (SSSR count). The number of anilines is 2. The van der Waals surface area contributed by atoms with Crippen LogP contribution < -0.4 is 10.6 Å². The maximum atomic E-state index is 12.1. The number of aromatic nitrogens is 3. The zero-order valence-electron chi connectivity index (χ0n) is 12.6. The highest BCUT2D eigenvalue weighted by atomic mass is 35.5. The van der Waals surface area contributed by atoms with Crippen molar-refractivity contribution in [3.63, 3.8) is 0 Å². The lowest BCUT2D eigenvalue weighted by molar-refractivity contribution is 0.0945. The predicted molar refractivity (Wildman–Crippen MR) is 92.2 cm³/mol. The van der Waals surface area contributed by atoms with Crippen molar-refractivity contribution < 1.29 is 4.79 Å². The average Bonchev–Trinajstić information content (AvgIpc) is 2.61. The van der Waals surface area contributed by atoms with Gasteiger partial charge in [0.2, 0.25) is 0 Å². The largest absolute Gasteiger partial charge is 0.345 e. The van der Waals surface area contributed by atoms with E-state index >= 15 is 0 Å². The molecular formula is C17H14ClN5O. The van der Waals surface area contributed by atoms with Crippen molar-refractivity contribution in [2.45, 2.75) is 6.54 Å². The van der Waals surface area contributed by atoms with Crippen molar-refractivity contribution in [2.24, 2.45) is 0 Å². The minimum absolute atomic E-state index is 0.238. The van der Waals surface area contributed by atoms with E-state index in [0.717, 1.165) is 11.4 Å². The van der Waals surface area contributed by atoms with E-state index in [2.05, 4.69) is 25.6 Å². The zero-order valence-corrected chi connectivity index (χ0v) is 13.4. The van der Waals surface area contributed by atoms with Crippen LogP contribution in [0.3, 0.4) is 0 Å². The van der Waals surface area contributed by atoms with Gasteiger partial charge in [0, 0.05) is 16.9 Å². The molecule has 0 aliphatic heterocycles. The molecule has 1 aromatic carbocycles. The fourth-order valence-corrected chi connectivity index (χ4v) is 2.18. The minimum atomic E-state index is -0.303. The summed E-state index contributed by atoms with van der Waals surface area (Å²) in [4.78, 5) is 24.5. The number of halogens is 1. The second-order valence-electron chi connectivity index (χ2n) is 4.93. The fraction of sp³-hybridized carbons (Fsp3) is 0.0588. The molecular weight excluding hydrogens is 326 g/mol. The average molecular weight is 340 g/mol. The van der Waals surface area contributed by atoms with E-state index in [-0.39, 0.29) is 11.6 Å². The maximum absolute atomic E-state index is 12.1. The zero-order chi connectivity index (χ0) is 16.8. The molecule has 6 nitrogen and oxygen atoms in total. The molecule has 0 spiro atoms. The van der Waals surface area contributed by atoms with Crippen LogP contribution in [0.25, 0.3) is 0 Å². The van der Waals surface area contributed by atoms with Crippen LogP contribution in [-0.4, -0.2) is 20.9 Å². The monoisotopic (exact) mass is 339 g/mol. The maximum Gasteiger partial charge on any atom is 0.271 e. The molecule has 0 aliphatic carbocycles. The van der Waals surface area contributed by atoms with Crippen molar-refractivity contribution in [1.82, 2.24) is 20.3 Å². The third-order valence-corrected chi connectivity index (χ3v) is 3.37. The second kappa shape index (κ2) is 7.52. The van der Waals surface area contributed by atoms with Crippen LogP contribution in [-0.2, 0) is 6.54 Å². The van der Waals surface area contributed by atoms with Crippen LogP contribution in [0.5, 0.6) is 0 Å². The summed E-state index contributed by atoms with van der Waals surface area (Å²) in [6, 6.07) is 12.8. The second-order valence-corrected chi connectivity index (χ2v) is 5.36. The minimum Gasteiger partial charge on any atom is -0.345 e. The van der Waals surface area contributed by atoms with Gasteiger partial charge in [-0.2, -0.15) is 0 Å². The van der Waals surface area contributed by atoms with Crippen molar-refractivity contribution >= 4 is 29.0 Å². The number of pyridine rings is 1. The topological polar surface area (TPSA) is 79.8 Å². The molecule has 0 unspecified atom stereocenters. The molecule has 1 amide bonds. The molecule has 7 heteroatoms. The molecule has 2 aromatic heterocycles. The van der Waals surface area contributed by atoms with Gasteiger partial charge in [-0.15, -0.1) is 0 Å². The first-order valence-corrected chi connectivity index (χ1v) is 7.61. The number of carbonyl (C=O) groups is 1. The highest BCUT2D eigenvalue weighted by molar-refractivity contribution is 6.30. The number of hydrogen-bond donors (Lipinski definition) is 2. The first-order chi connectivity index (χ1) is 11.7. The smallest absolute Gasteiger partial charge is 0.271 e. The molecule has 0 bridgehead atoms. The Hall–Kier alpha value is -2.99. The molecule has 24 heavy (non-hydrogen) atoms. The van der Waals surface area contributed by atoms with Gasteiger partial charge in [-0.1, -0.05) is 23.7 Å². The Balaban J connectivity index is 1.60. The van der Waals surface area contributed by atoms with Gasteiger partial charge in [-0.3, -0.25) is 9.78 Å². The molecule has 2 heterocycles. The summed E-state index contributed by atoms with van der Waals surface area (Å²) in [7, 11) is 0. The predicted octanol–water partition coefficient (Wildman–Crippen LogP) is 3.20. The number of benzene rings is 1. The number of amides is 1. The summed E-state index contributed by atoms with van der Waals surface area (Å²) >= 11 is 5.93. The van der Waals surface area contributed by atoms with E-state index in [1.165, 1.54) is 12.4 Å². The lowest BCUT2D eigenvalue weighted by Crippen LogP contribution is -2.24. The van der Waals surface area contributed by atoms with E-state index < -0.39 is 0 Å². The van der Waals surface area contributed by atoms with Gasteiger partial charge >= 0.3 is 0 Å². The van der Waals surface area contributed by atoms with Gasteiger partial charge < -0.3 is 10.6 Å². The molecule has 0 saturated heterocycles. The van der Waals surface area contributed by atoms with Crippen LogP contribution in [0.1, 0.15) is 16.2 Å². The Morgan fingerprint density at radius 3 is 2.67 bits per heavy atom. The fourth-order valence-electron chi connectivity index (χ4n) is 1.99. The Kier molecular flexibility index (Phi) is 4.98. The molecule has 0 fully saturated rings. The van der Waals surface area contributed by atoms with Gasteiger partial charge in [0.25, 0.3) is 5.91 Å². The van der Waals surface area contributed by atoms with Gasteiger partial charge in [0.05, 0.1) is 24.6 Å².